The number of hydrogen-bond donors (Lipinski definition) is 1. The molecule has 1 aromatic rings. The summed E-state index contributed by atoms with van der Waals surface area (Å²) in [5.74, 6) is 0.353. The number of carbonyl (C=O) groups is 1. The fourth-order valence-electron chi connectivity index (χ4n) is 2.16. The van der Waals surface area contributed by atoms with Crippen LogP contribution >= 0.6 is 0 Å². The number of benzene rings is 1. The van der Waals surface area contributed by atoms with Crippen LogP contribution in [0, 0.1) is 0 Å². The van der Waals surface area contributed by atoms with Crippen LogP contribution in [0.15, 0.2) is 12.1 Å². The molecule has 0 saturated heterocycles. The van der Waals surface area contributed by atoms with Gasteiger partial charge < -0.3 is 15.2 Å². The van der Waals surface area contributed by atoms with Crippen LogP contribution in [0.2, 0.25) is 0 Å². The van der Waals surface area contributed by atoms with Crippen molar-refractivity contribution >= 4 is 5.91 Å². The Morgan fingerprint density at radius 3 is 1.76 bits per heavy atom. The Labute approximate surface area is 127 Å². The van der Waals surface area contributed by atoms with Crippen molar-refractivity contribution in [2.24, 2.45) is 5.73 Å². The number of primary amides is 1. The maximum absolute atomic E-state index is 11.6. The largest absolute Gasteiger partial charge is 0.467 e. The van der Waals surface area contributed by atoms with Crippen LogP contribution in [0.25, 0.3) is 0 Å². The van der Waals surface area contributed by atoms with E-state index in [0.29, 0.717) is 5.56 Å². The first-order valence-corrected chi connectivity index (χ1v) is 7.09. The first-order chi connectivity index (χ1) is 9.48. The summed E-state index contributed by atoms with van der Waals surface area (Å²) in [5, 5.41) is 0. The molecule has 0 bridgehead atoms. The number of rotatable bonds is 4. The van der Waals surface area contributed by atoms with Gasteiger partial charge in [0.1, 0.15) is 5.75 Å². The van der Waals surface area contributed by atoms with Crippen molar-refractivity contribution in [1.29, 1.82) is 0 Å². The molecule has 0 heterocycles. The molecule has 4 heteroatoms. The summed E-state index contributed by atoms with van der Waals surface area (Å²) in [6, 6.07) is 3.64. The van der Waals surface area contributed by atoms with Crippen LogP contribution in [0.4, 0.5) is 0 Å². The molecule has 0 aromatic heterocycles. The molecule has 0 aliphatic heterocycles. The Morgan fingerprint density at radius 2 is 1.48 bits per heavy atom. The molecule has 1 rings (SSSR count). The van der Waals surface area contributed by atoms with Crippen LogP contribution in [0.5, 0.6) is 5.75 Å². The quantitative estimate of drug-likeness (QED) is 0.866. The zero-order valence-corrected chi connectivity index (χ0v) is 14.2. The van der Waals surface area contributed by atoms with Crippen LogP contribution in [-0.2, 0) is 15.6 Å². The Bertz CT molecular complexity index is 487. The molecule has 0 spiro atoms. The minimum Gasteiger partial charge on any atom is -0.467 e. The maximum atomic E-state index is 11.6. The van der Waals surface area contributed by atoms with Gasteiger partial charge in [-0.3, -0.25) is 4.79 Å². The first kappa shape index (κ1) is 17.5. The van der Waals surface area contributed by atoms with Gasteiger partial charge in [-0.15, -0.1) is 0 Å². The van der Waals surface area contributed by atoms with Crippen molar-refractivity contribution in [2.75, 3.05) is 13.9 Å². The van der Waals surface area contributed by atoms with E-state index < -0.39 is 5.91 Å². The molecule has 0 aliphatic carbocycles. The first-order valence-electron chi connectivity index (χ1n) is 7.09. The van der Waals surface area contributed by atoms with Gasteiger partial charge in [0.25, 0.3) is 0 Å². The zero-order valence-electron chi connectivity index (χ0n) is 14.2. The number of hydrogen-bond acceptors (Lipinski definition) is 3. The lowest BCUT2D eigenvalue weighted by Crippen LogP contribution is -2.23. The predicted molar refractivity (Wildman–Crippen MR) is 84.9 cm³/mol. The lowest BCUT2D eigenvalue weighted by molar-refractivity contribution is 0.0484. The predicted octanol–water partition coefficient (Wildman–Crippen LogP) is 3.36. The number of nitrogens with two attached hydrogens (primary N) is 1. The van der Waals surface area contributed by atoms with E-state index in [1.165, 1.54) is 0 Å². The van der Waals surface area contributed by atoms with Crippen LogP contribution in [-0.4, -0.2) is 19.8 Å². The van der Waals surface area contributed by atoms with E-state index in [4.69, 9.17) is 15.2 Å². The number of ether oxygens (including phenoxy) is 2. The summed E-state index contributed by atoms with van der Waals surface area (Å²) in [6.45, 7) is 12.7. The van der Waals surface area contributed by atoms with Gasteiger partial charge in [0, 0.05) is 23.8 Å². The van der Waals surface area contributed by atoms with Crippen LogP contribution in [0.3, 0.4) is 0 Å². The van der Waals surface area contributed by atoms with Gasteiger partial charge in [-0.2, -0.15) is 0 Å². The highest BCUT2D eigenvalue weighted by Gasteiger charge is 2.28. The summed E-state index contributed by atoms with van der Waals surface area (Å²) in [7, 11) is 1.59. The minimum atomic E-state index is -0.427. The van der Waals surface area contributed by atoms with Crippen molar-refractivity contribution in [1.82, 2.24) is 0 Å². The standard InChI is InChI=1S/C17H27NO3/c1-16(2,3)12-8-11(15(18)19)9-13(17(4,5)6)14(12)21-10-20-7/h8-9H,10H2,1-7H3,(H2,18,19). The van der Waals surface area contributed by atoms with E-state index in [0.717, 1.165) is 16.9 Å². The van der Waals surface area contributed by atoms with E-state index >= 15 is 0 Å². The zero-order chi connectivity index (χ0) is 16.4. The van der Waals surface area contributed by atoms with Gasteiger partial charge in [-0.05, 0) is 23.0 Å². The van der Waals surface area contributed by atoms with Crippen molar-refractivity contribution in [3.05, 3.63) is 28.8 Å². The molecule has 1 aromatic carbocycles. The van der Waals surface area contributed by atoms with E-state index in [9.17, 15) is 4.79 Å². The molecule has 0 fully saturated rings. The van der Waals surface area contributed by atoms with Gasteiger partial charge in [-0.25, -0.2) is 0 Å². The Kier molecular flexibility index (Phi) is 5.05. The molecule has 0 unspecified atom stereocenters. The van der Waals surface area contributed by atoms with Gasteiger partial charge in [0.2, 0.25) is 5.91 Å². The molecule has 0 radical (unpaired) electrons. The van der Waals surface area contributed by atoms with Crippen LogP contribution < -0.4 is 10.5 Å². The Morgan fingerprint density at radius 1 is 1.05 bits per heavy atom. The molecule has 21 heavy (non-hydrogen) atoms. The number of methoxy groups -OCH3 is 1. The molecule has 118 valence electrons. The fourth-order valence-corrected chi connectivity index (χ4v) is 2.16. The molecular formula is C17H27NO3. The highest BCUT2D eigenvalue weighted by molar-refractivity contribution is 5.93. The van der Waals surface area contributed by atoms with Gasteiger partial charge in [0.05, 0.1) is 0 Å². The highest BCUT2D eigenvalue weighted by Crippen LogP contribution is 2.40. The summed E-state index contributed by atoms with van der Waals surface area (Å²) in [4.78, 5) is 11.6. The van der Waals surface area contributed by atoms with Crippen molar-refractivity contribution in [3.8, 4) is 5.75 Å². The third-order valence-electron chi connectivity index (χ3n) is 3.31. The SMILES string of the molecule is COCOc1c(C(C)(C)C)cc(C(N)=O)cc1C(C)(C)C. The molecule has 0 atom stereocenters. The lowest BCUT2D eigenvalue weighted by Gasteiger charge is -2.30. The van der Waals surface area contributed by atoms with E-state index in [1.807, 2.05) is 12.1 Å². The normalized spacial score (nSPS) is 12.3. The average Bonchev–Trinajstić information content (AvgIpc) is 2.32. The van der Waals surface area contributed by atoms with Gasteiger partial charge in [-0.1, -0.05) is 41.5 Å². The highest BCUT2D eigenvalue weighted by atomic mass is 16.7. The van der Waals surface area contributed by atoms with Gasteiger partial charge >= 0.3 is 0 Å². The van der Waals surface area contributed by atoms with E-state index in [2.05, 4.69) is 41.5 Å². The third-order valence-corrected chi connectivity index (χ3v) is 3.31. The third kappa shape index (κ3) is 4.21. The second-order valence-corrected chi connectivity index (χ2v) is 7.32. The van der Waals surface area contributed by atoms with Crippen molar-refractivity contribution < 1.29 is 14.3 Å². The number of carbonyl (C=O) groups excluding carboxylic acids is 1. The van der Waals surface area contributed by atoms with Crippen molar-refractivity contribution in [2.45, 2.75) is 52.4 Å². The topological polar surface area (TPSA) is 61.6 Å². The summed E-state index contributed by atoms with van der Waals surface area (Å²) in [6.07, 6.45) is 0. The Hall–Kier alpha value is -1.55. The molecule has 0 aliphatic rings. The van der Waals surface area contributed by atoms with E-state index in [1.54, 1.807) is 7.11 Å². The molecule has 0 saturated carbocycles. The monoisotopic (exact) mass is 293 g/mol. The lowest BCUT2D eigenvalue weighted by atomic mass is 9.78. The molecule has 1 amide bonds. The minimum absolute atomic E-state index is 0.169. The molecule has 4 nitrogen and oxygen atoms in total. The number of amides is 1. The molecule has 2 N–H and O–H groups in total. The van der Waals surface area contributed by atoms with Crippen molar-refractivity contribution in [3.63, 3.8) is 0 Å². The van der Waals surface area contributed by atoms with Crippen LogP contribution in [0.1, 0.15) is 63.0 Å². The second kappa shape index (κ2) is 6.06. The Balaban J connectivity index is 3.65. The molecular weight excluding hydrogens is 266 g/mol. The fraction of sp³-hybridized carbons (Fsp3) is 0.588. The summed E-state index contributed by atoms with van der Waals surface area (Å²) >= 11 is 0. The van der Waals surface area contributed by atoms with E-state index in [-0.39, 0.29) is 17.6 Å². The smallest absolute Gasteiger partial charge is 0.248 e. The average molecular weight is 293 g/mol. The van der Waals surface area contributed by atoms with Gasteiger partial charge in [0.15, 0.2) is 6.79 Å². The maximum Gasteiger partial charge on any atom is 0.248 e. The second-order valence-electron chi connectivity index (χ2n) is 7.32. The summed E-state index contributed by atoms with van der Waals surface area (Å²) < 4.78 is 10.9. The summed E-state index contributed by atoms with van der Waals surface area (Å²) in [5.41, 5.74) is 7.57.